The molecule has 0 nitrogen and oxygen atoms in total. The van der Waals surface area contributed by atoms with Crippen LogP contribution in [0.25, 0.3) is 10.1 Å². The van der Waals surface area contributed by atoms with Crippen molar-refractivity contribution in [3.05, 3.63) is 34.2 Å². The molecule has 0 N–H and O–H groups in total. The van der Waals surface area contributed by atoms with Crippen LogP contribution in [0.1, 0.15) is 22.9 Å². The smallest absolute Gasteiger partial charge is 0.0380 e. The monoisotopic (exact) mass is 268 g/mol. The summed E-state index contributed by atoms with van der Waals surface area (Å²) in [6.07, 6.45) is 1.13. The molecule has 0 saturated heterocycles. The Morgan fingerprint density at radius 1 is 1.36 bits per heavy atom. The van der Waals surface area contributed by atoms with Crippen molar-refractivity contribution >= 4 is 37.4 Å². The minimum atomic E-state index is 0.981. The molecule has 1 heterocycles. The fourth-order valence-corrected chi connectivity index (χ4v) is 3.73. The van der Waals surface area contributed by atoms with Crippen molar-refractivity contribution in [1.29, 1.82) is 0 Å². The SMILES string of the molecule is CCc1c(CBr)sc2cc(C)ccc12. The molecule has 0 atom stereocenters. The van der Waals surface area contributed by atoms with Crippen LogP contribution in [-0.4, -0.2) is 0 Å². The van der Waals surface area contributed by atoms with Gasteiger partial charge in [0.05, 0.1) is 0 Å². The lowest BCUT2D eigenvalue weighted by atomic mass is 10.1. The largest absolute Gasteiger partial charge is 0.139 e. The highest BCUT2D eigenvalue weighted by atomic mass is 79.9. The van der Waals surface area contributed by atoms with E-state index in [1.54, 1.807) is 0 Å². The number of hydrogen-bond acceptors (Lipinski definition) is 1. The van der Waals surface area contributed by atoms with Gasteiger partial charge < -0.3 is 0 Å². The summed E-state index contributed by atoms with van der Waals surface area (Å²) >= 11 is 5.47. The van der Waals surface area contributed by atoms with Crippen LogP contribution in [0.3, 0.4) is 0 Å². The quantitative estimate of drug-likeness (QED) is 0.695. The summed E-state index contributed by atoms with van der Waals surface area (Å²) in [5.41, 5.74) is 2.87. The molecule has 0 unspecified atom stereocenters. The van der Waals surface area contributed by atoms with Crippen LogP contribution in [0.4, 0.5) is 0 Å². The summed E-state index contributed by atoms with van der Waals surface area (Å²) in [7, 11) is 0. The first kappa shape index (κ1) is 10.2. The third-order valence-electron chi connectivity index (χ3n) is 2.51. The Labute approximate surface area is 97.1 Å². The van der Waals surface area contributed by atoms with Crippen molar-refractivity contribution in [2.45, 2.75) is 25.6 Å². The molecule has 0 amide bonds. The van der Waals surface area contributed by atoms with E-state index in [1.807, 2.05) is 11.3 Å². The first-order chi connectivity index (χ1) is 6.76. The van der Waals surface area contributed by atoms with Gasteiger partial charge in [-0.25, -0.2) is 0 Å². The molecule has 0 aliphatic rings. The molecule has 0 fully saturated rings. The summed E-state index contributed by atoms with van der Waals surface area (Å²) in [6, 6.07) is 6.74. The maximum Gasteiger partial charge on any atom is 0.0380 e. The van der Waals surface area contributed by atoms with Crippen LogP contribution in [0.15, 0.2) is 18.2 Å². The third kappa shape index (κ3) is 1.61. The maximum absolute atomic E-state index is 3.56. The van der Waals surface area contributed by atoms with Gasteiger partial charge >= 0.3 is 0 Å². The number of benzene rings is 1. The standard InChI is InChI=1S/C12H13BrS/c1-3-9-10-5-4-8(2)6-11(10)14-12(9)7-13/h4-6H,3,7H2,1-2H3. The number of aryl methyl sites for hydroxylation is 2. The molecule has 0 bridgehead atoms. The second kappa shape index (κ2) is 4.03. The first-order valence-corrected chi connectivity index (χ1v) is 6.77. The van der Waals surface area contributed by atoms with E-state index in [-0.39, 0.29) is 0 Å². The van der Waals surface area contributed by atoms with E-state index in [2.05, 4.69) is 48.0 Å². The molecule has 2 aromatic rings. The van der Waals surface area contributed by atoms with Crippen LogP contribution >= 0.6 is 27.3 Å². The second-order valence-corrected chi connectivity index (χ2v) is 5.19. The Balaban J connectivity index is 2.73. The maximum atomic E-state index is 3.56. The lowest BCUT2D eigenvalue weighted by Gasteiger charge is -1.97. The molecular formula is C12H13BrS. The lowest BCUT2D eigenvalue weighted by molar-refractivity contribution is 1.15. The van der Waals surface area contributed by atoms with E-state index in [9.17, 15) is 0 Å². The van der Waals surface area contributed by atoms with E-state index >= 15 is 0 Å². The van der Waals surface area contributed by atoms with Gasteiger partial charge in [0, 0.05) is 14.9 Å². The minimum absolute atomic E-state index is 0.981. The molecule has 0 spiro atoms. The Bertz CT molecular complexity index is 457. The highest BCUT2D eigenvalue weighted by Gasteiger charge is 2.08. The molecule has 74 valence electrons. The van der Waals surface area contributed by atoms with Gasteiger partial charge in [-0.3, -0.25) is 0 Å². The zero-order chi connectivity index (χ0) is 10.1. The van der Waals surface area contributed by atoms with Gasteiger partial charge in [-0.2, -0.15) is 0 Å². The summed E-state index contributed by atoms with van der Waals surface area (Å²) in [5.74, 6) is 0. The van der Waals surface area contributed by atoms with Gasteiger partial charge in [0.15, 0.2) is 0 Å². The normalized spacial score (nSPS) is 11.1. The average Bonchev–Trinajstić information content (AvgIpc) is 2.54. The van der Waals surface area contributed by atoms with Gasteiger partial charge in [-0.1, -0.05) is 35.0 Å². The second-order valence-electron chi connectivity index (χ2n) is 3.49. The van der Waals surface area contributed by atoms with Crippen molar-refractivity contribution in [3.63, 3.8) is 0 Å². The molecule has 2 heteroatoms. The van der Waals surface area contributed by atoms with Crippen LogP contribution < -0.4 is 0 Å². The molecule has 0 saturated carbocycles. The van der Waals surface area contributed by atoms with Crippen molar-refractivity contribution in [2.75, 3.05) is 0 Å². The summed E-state index contributed by atoms with van der Waals surface area (Å²) in [6.45, 7) is 4.38. The highest BCUT2D eigenvalue weighted by Crippen LogP contribution is 2.33. The van der Waals surface area contributed by atoms with Crippen molar-refractivity contribution in [2.24, 2.45) is 0 Å². The molecular weight excluding hydrogens is 256 g/mol. The molecule has 14 heavy (non-hydrogen) atoms. The molecule has 0 aliphatic carbocycles. The van der Waals surface area contributed by atoms with E-state index in [0.29, 0.717) is 0 Å². The first-order valence-electron chi connectivity index (χ1n) is 4.83. The number of hydrogen-bond donors (Lipinski definition) is 0. The van der Waals surface area contributed by atoms with Crippen LogP contribution in [0.2, 0.25) is 0 Å². The highest BCUT2D eigenvalue weighted by molar-refractivity contribution is 9.08. The van der Waals surface area contributed by atoms with Crippen LogP contribution in [-0.2, 0) is 11.8 Å². The molecule has 0 radical (unpaired) electrons. The molecule has 2 rings (SSSR count). The topological polar surface area (TPSA) is 0 Å². The Kier molecular flexibility index (Phi) is 2.93. The van der Waals surface area contributed by atoms with E-state index < -0.39 is 0 Å². The molecule has 0 aliphatic heterocycles. The third-order valence-corrected chi connectivity index (χ3v) is 4.63. The predicted molar refractivity (Wildman–Crippen MR) is 68.6 cm³/mol. The number of fused-ring (bicyclic) bond motifs is 1. The van der Waals surface area contributed by atoms with E-state index in [4.69, 9.17) is 0 Å². The van der Waals surface area contributed by atoms with Gasteiger partial charge in [-0.15, -0.1) is 11.3 Å². The Morgan fingerprint density at radius 3 is 2.79 bits per heavy atom. The number of rotatable bonds is 2. The van der Waals surface area contributed by atoms with Crippen LogP contribution in [0, 0.1) is 6.92 Å². The van der Waals surface area contributed by atoms with Crippen molar-refractivity contribution < 1.29 is 0 Å². The Morgan fingerprint density at radius 2 is 2.14 bits per heavy atom. The average molecular weight is 269 g/mol. The fourth-order valence-electron chi connectivity index (χ4n) is 1.80. The zero-order valence-electron chi connectivity index (χ0n) is 8.43. The summed E-state index contributed by atoms with van der Waals surface area (Å²) < 4.78 is 1.43. The predicted octanol–water partition coefficient (Wildman–Crippen LogP) is 4.67. The molecule has 1 aromatic heterocycles. The minimum Gasteiger partial charge on any atom is -0.139 e. The van der Waals surface area contributed by atoms with Gasteiger partial charge in [-0.05, 0) is 35.9 Å². The van der Waals surface area contributed by atoms with Crippen LogP contribution in [0.5, 0.6) is 0 Å². The van der Waals surface area contributed by atoms with Gasteiger partial charge in [0.1, 0.15) is 0 Å². The zero-order valence-corrected chi connectivity index (χ0v) is 10.8. The van der Waals surface area contributed by atoms with Gasteiger partial charge in [0.2, 0.25) is 0 Å². The van der Waals surface area contributed by atoms with Gasteiger partial charge in [0.25, 0.3) is 0 Å². The number of alkyl halides is 1. The summed E-state index contributed by atoms with van der Waals surface area (Å²) in [5, 5.41) is 2.42. The van der Waals surface area contributed by atoms with E-state index in [0.717, 1.165) is 11.8 Å². The van der Waals surface area contributed by atoms with Crippen molar-refractivity contribution in [3.8, 4) is 0 Å². The van der Waals surface area contributed by atoms with Crippen molar-refractivity contribution in [1.82, 2.24) is 0 Å². The fraction of sp³-hybridized carbons (Fsp3) is 0.333. The number of halogens is 1. The summed E-state index contributed by atoms with van der Waals surface area (Å²) in [4.78, 5) is 1.48. The molecule has 1 aromatic carbocycles. The lowest BCUT2D eigenvalue weighted by Crippen LogP contribution is -1.81. The number of thiophene rings is 1. The Hall–Kier alpha value is -0.340. The van der Waals surface area contributed by atoms with E-state index in [1.165, 1.54) is 26.1 Å².